The maximum atomic E-state index is 12.8. The van der Waals surface area contributed by atoms with Gasteiger partial charge in [0.15, 0.2) is 11.5 Å². The van der Waals surface area contributed by atoms with Crippen LogP contribution in [0.5, 0.6) is 11.5 Å². The standard InChI is InChI=1S/C11H13F2NO3/c1-2-7(15)10(14)6-3-4-8-9(5-6)17-11(12,13)16-8/h3-5,7,10,15H,2,14H2,1H3/t7-,10+/m1/s1. The van der Waals surface area contributed by atoms with Gasteiger partial charge in [-0.2, -0.15) is 0 Å². The molecule has 4 nitrogen and oxygen atoms in total. The van der Waals surface area contributed by atoms with Crippen molar-refractivity contribution in [3.05, 3.63) is 23.8 Å². The molecule has 0 fully saturated rings. The van der Waals surface area contributed by atoms with E-state index in [-0.39, 0.29) is 11.5 Å². The first-order valence-corrected chi connectivity index (χ1v) is 5.26. The van der Waals surface area contributed by atoms with E-state index in [0.717, 1.165) is 0 Å². The molecule has 0 saturated heterocycles. The van der Waals surface area contributed by atoms with Gasteiger partial charge in [-0.3, -0.25) is 0 Å². The smallest absolute Gasteiger partial charge is 0.395 e. The molecule has 1 aliphatic rings. The lowest BCUT2D eigenvalue weighted by atomic mass is 10.0. The van der Waals surface area contributed by atoms with Crippen LogP contribution in [0.2, 0.25) is 0 Å². The zero-order valence-electron chi connectivity index (χ0n) is 9.19. The summed E-state index contributed by atoms with van der Waals surface area (Å²) in [5.74, 6) is -0.0943. The molecule has 0 unspecified atom stereocenters. The Morgan fingerprint density at radius 2 is 2.00 bits per heavy atom. The van der Waals surface area contributed by atoms with Gasteiger partial charge in [0.2, 0.25) is 0 Å². The van der Waals surface area contributed by atoms with Crippen LogP contribution < -0.4 is 15.2 Å². The summed E-state index contributed by atoms with van der Waals surface area (Å²) in [6.45, 7) is 1.78. The Labute approximate surface area is 96.9 Å². The fraction of sp³-hybridized carbons (Fsp3) is 0.455. The number of hydrogen-bond acceptors (Lipinski definition) is 4. The van der Waals surface area contributed by atoms with Gasteiger partial charge in [-0.25, -0.2) is 0 Å². The van der Waals surface area contributed by atoms with Crippen LogP contribution in [0.25, 0.3) is 0 Å². The van der Waals surface area contributed by atoms with E-state index in [1.807, 2.05) is 0 Å². The van der Waals surface area contributed by atoms with Crippen LogP contribution in [0.1, 0.15) is 24.9 Å². The van der Waals surface area contributed by atoms with Crippen molar-refractivity contribution in [2.75, 3.05) is 0 Å². The summed E-state index contributed by atoms with van der Waals surface area (Å²) in [5, 5.41) is 9.59. The topological polar surface area (TPSA) is 64.7 Å². The van der Waals surface area contributed by atoms with Crippen molar-refractivity contribution < 1.29 is 23.4 Å². The summed E-state index contributed by atoms with van der Waals surface area (Å²) in [7, 11) is 0. The molecule has 0 spiro atoms. The summed E-state index contributed by atoms with van der Waals surface area (Å²) in [4.78, 5) is 0. The minimum atomic E-state index is -3.63. The molecule has 0 amide bonds. The molecule has 6 heteroatoms. The average Bonchev–Trinajstić information content (AvgIpc) is 2.59. The van der Waals surface area contributed by atoms with Gasteiger partial charge in [0, 0.05) is 0 Å². The number of hydrogen-bond donors (Lipinski definition) is 2. The van der Waals surface area contributed by atoms with Gasteiger partial charge >= 0.3 is 6.29 Å². The Kier molecular flexibility index (Phi) is 2.92. The molecule has 94 valence electrons. The quantitative estimate of drug-likeness (QED) is 0.852. The molecule has 0 aliphatic carbocycles. The molecule has 0 bridgehead atoms. The number of benzene rings is 1. The molecular weight excluding hydrogens is 232 g/mol. The zero-order chi connectivity index (χ0) is 12.6. The Balaban J connectivity index is 2.24. The second kappa shape index (κ2) is 4.12. The fourth-order valence-electron chi connectivity index (χ4n) is 1.65. The molecule has 17 heavy (non-hydrogen) atoms. The monoisotopic (exact) mass is 245 g/mol. The second-order valence-corrected chi connectivity index (χ2v) is 3.88. The van der Waals surface area contributed by atoms with E-state index in [1.165, 1.54) is 18.2 Å². The summed E-state index contributed by atoms with van der Waals surface area (Å²) < 4.78 is 34.1. The highest BCUT2D eigenvalue weighted by atomic mass is 19.3. The first kappa shape index (κ1) is 12.1. The lowest BCUT2D eigenvalue weighted by Gasteiger charge is -2.17. The number of aliphatic hydroxyl groups excluding tert-OH is 1. The van der Waals surface area contributed by atoms with Crippen molar-refractivity contribution in [2.45, 2.75) is 31.8 Å². The first-order chi connectivity index (χ1) is 7.93. The minimum absolute atomic E-state index is 0.0306. The number of halogens is 2. The van der Waals surface area contributed by atoms with Crippen LogP contribution >= 0.6 is 0 Å². The number of aliphatic hydroxyl groups is 1. The Morgan fingerprint density at radius 1 is 1.35 bits per heavy atom. The third kappa shape index (κ3) is 2.32. The number of nitrogens with two attached hydrogens (primary N) is 1. The maximum Gasteiger partial charge on any atom is 0.586 e. The van der Waals surface area contributed by atoms with Crippen molar-refractivity contribution in [1.29, 1.82) is 0 Å². The Hall–Kier alpha value is -1.40. The lowest BCUT2D eigenvalue weighted by Crippen LogP contribution is -2.26. The van der Waals surface area contributed by atoms with Crippen molar-refractivity contribution in [2.24, 2.45) is 5.73 Å². The number of ether oxygens (including phenoxy) is 2. The predicted octanol–water partition coefficient (Wildman–Crippen LogP) is 1.78. The SMILES string of the molecule is CC[C@@H](O)[C@@H](N)c1ccc2c(c1)OC(F)(F)O2. The van der Waals surface area contributed by atoms with Gasteiger partial charge in [0.05, 0.1) is 12.1 Å². The molecule has 1 aromatic rings. The normalized spacial score (nSPS) is 20.1. The van der Waals surface area contributed by atoms with Crippen molar-refractivity contribution in [3.63, 3.8) is 0 Å². The molecule has 1 aliphatic heterocycles. The third-order valence-corrected chi connectivity index (χ3v) is 2.64. The summed E-state index contributed by atoms with van der Waals surface area (Å²) >= 11 is 0. The van der Waals surface area contributed by atoms with Gasteiger partial charge in [-0.15, -0.1) is 8.78 Å². The van der Waals surface area contributed by atoms with Crippen LogP contribution in [-0.4, -0.2) is 17.5 Å². The first-order valence-electron chi connectivity index (χ1n) is 5.26. The van der Waals surface area contributed by atoms with E-state index in [1.54, 1.807) is 6.92 Å². The molecule has 3 N–H and O–H groups in total. The highest BCUT2D eigenvalue weighted by Crippen LogP contribution is 2.42. The molecule has 0 saturated carbocycles. The van der Waals surface area contributed by atoms with Crippen LogP contribution in [0.4, 0.5) is 8.78 Å². The Bertz CT molecular complexity index is 425. The van der Waals surface area contributed by atoms with Gasteiger partial charge in [-0.05, 0) is 24.1 Å². The van der Waals surface area contributed by atoms with E-state index >= 15 is 0 Å². The lowest BCUT2D eigenvalue weighted by molar-refractivity contribution is -0.286. The van der Waals surface area contributed by atoms with Crippen LogP contribution in [0, 0.1) is 0 Å². The van der Waals surface area contributed by atoms with E-state index < -0.39 is 18.4 Å². The molecule has 2 rings (SSSR count). The van der Waals surface area contributed by atoms with Gasteiger partial charge in [-0.1, -0.05) is 13.0 Å². The highest BCUT2D eigenvalue weighted by Gasteiger charge is 2.43. The number of alkyl halides is 2. The summed E-state index contributed by atoms with van der Waals surface area (Å²) in [6, 6.07) is 3.61. The highest BCUT2D eigenvalue weighted by molar-refractivity contribution is 5.46. The average molecular weight is 245 g/mol. The van der Waals surface area contributed by atoms with E-state index in [0.29, 0.717) is 12.0 Å². The molecule has 2 atom stereocenters. The van der Waals surface area contributed by atoms with Gasteiger partial charge < -0.3 is 20.3 Å². The summed E-state index contributed by atoms with van der Waals surface area (Å²) in [6.07, 6.45) is -3.88. The third-order valence-electron chi connectivity index (χ3n) is 2.64. The van der Waals surface area contributed by atoms with E-state index in [4.69, 9.17) is 5.73 Å². The van der Waals surface area contributed by atoms with E-state index in [2.05, 4.69) is 9.47 Å². The second-order valence-electron chi connectivity index (χ2n) is 3.88. The largest absolute Gasteiger partial charge is 0.586 e. The maximum absolute atomic E-state index is 12.8. The number of rotatable bonds is 3. The van der Waals surface area contributed by atoms with Crippen molar-refractivity contribution in [3.8, 4) is 11.5 Å². The van der Waals surface area contributed by atoms with E-state index in [9.17, 15) is 13.9 Å². The van der Waals surface area contributed by atoms with Gasteiger partial charge in [0.1, 0.15) is 0 Å². The van der Waals surface area contributed by atoms with Gasteiger partial charge in [0.25, 0.3) is 0 Å². The molecule has 1 aromatic carbocycles. The molecule has 0 radical (unpaired) electrons. The molecule has 0 aromatic heterocycles. The van der Waals surface area contributed by atoms with Crippen molar-refractivity contribution >= 4 is 0 Å². The number of fused-ring (bicyclic) bond motifs is 1. The van der Waals surface area contributed by atoms with Crippen LogP contribution in [0.15, 0.2) is 18.2 Å². The van der Waals surface area contributed by atoms with Crippen LogP contribution in [-0.2, 0) is 0 Å². The fourth-order valence-corrected chi connectivity index (χ4v) is 1.65. The predicted molar refractivity (Wildman–Crippen MR) is 55.9 cm³/mol. The Morgan fingerprint density at radius 3 is 2.65 bits per heavy atom. The zero-order valence-corrected chi connectivity index (χ0v) is 9.19. The minimum Gasteiger partial charge on any atom is -0.395 e. The summed E-state index contributed by atoms with van der Waals surface area (Å²) in [5.41, 5.74) is 6.30. The van der Waals surface area contributed by atoms with Crippen LogP contribution in [0.3, 0.4) is 0 Å². The van der Waals surface area contributed by atoms with Crippen molar-refractivity contribution in [1.82, 2.24) is 0 Å². The molecular formula is C11H13F2NO3. The molecule has 1 heterocycles.